The van der Waals surface area contributed by atoms with Crippen molar-refractivity contribution < 1.29 is 13.9 Å². The highest BCUT2D eigenvalue weighted by molar-refractivity contribution is 5.79. The Labute approximate surface area is 150 Å². The molecule has 1 aliphatic heterocycles. The first-order valence-corrected chi connectivity index (χ1v) is 9.29. The first-order valence-electron chi connectivity index (χ1n) is 9.29. The summed E-state index contributed by atoms with van der Waals surface area (Å²) in [4.78, 5) is 16.1. The topological polar surface area (TPSA) is 32.8 Å². The lowest BCUT2D eigenvalue weighted by molar-refractivity contribution is -0.140. The zero-order chi connectivity index (χ0) is 18.4. The minimum absolute atomic E-state index is 0.0539. The second kappa shape index (κ2) is 9.18. The SMILES string of the molecule is CCCN(C)C(=O)C1CN(Cc2ccc(OCCC(C)C)cc2F)C1. The minimum atomic E-state index is -0.236. The number of hydrogen-bond acceptors (Lipinski definition) is 3. The third kappa shape index (κ3) is 5.70. The lowest BCUT2D eigenvalue weighted by atomic mass is 9.97. The molecule has 0 spiro atoms. The van der Waals surface area contributed by atoms with Crippen LogP contribution in [-0.2, 0) is 11.3 Å². The number of ether oxygens (including phenoxy) is 1. The summed E-state index contributed by atoms with van der Waals surface area (Å²) in [6.45, 7) is 9.70. The number of carbonyl (C=O) groups excluding carboxylic acids is 1. The molecule has 0 unspecified atom stereocenters. The summed E-state index contributed by atoms with van der Waals surface area (Å²) in [5.74, 6) is 1.17. The van der Waals surface area contributed by atoms with Gasteiger partial charge >= 0.3 is 0 Å². The Morgan fingerprint density at radius 3 is 2.72 bits per heavy atom. The average molecular weight is 350 g/mol. The van der Waals surface area contributed by atoms with Crippen LogP contribution in [0.15, 0.2) is 18.2 Å². The quantitative estimate of drug-likeness (QED) is 0.683. The number of hydrogen-bond donors (Lipinski definition) is 0. The molecule has 25 heavy (non-hydrogen) atoms. The van der Waals surface area contributed by atoms with Gasteiger partial charge in [0.25, 0.3) is 0 Å². The second-order valence-electron chi connectivity index (χ2n) is 7.43. The van der Waals surface area contributed by atoms with Crippen LogP contribution in [0.3, 0.4) is 0 Å². The molecule has 1 heterocycles. The van der Waals surface area contributed by atoms with Crippen LogP contribution >= 0.6 is 0 Å². The Hall–Kier alpha value is -1.62. The number of carbonyl (C=O) groups is 1. The van der Waals surface area contributed by atoms with E-state index in [0.717, 1.165) is 19.4 Å². The van der Waals surface area contributed by atoms with Gasteiger partial charge in [0, 0.05) is 44.9 Å². The van der Waals surface area contributed by atoms with Crippen molar-refractivity contribution in [3.8, 4) is 5.75 Å². The molecule has 5 heteroatoms. The van der Waals surface area contributed by atoms with Gasteiger partial charge in [0.2, 0.25) is 5.91 Å². The van der Waals surface area contributed by atoms with Crippen LogP contribution in [0.25, 0.3) is 0 Å². The zero-order valence-corrected chi connectivity index (χ0v) is 15.9. The molecule has 1 aromatic carbocycles. The molecular weight excluding hydrogens is 319 g/mol. The van der Waals surface area contributed by atoms with E-state index < -0.39 is 0 Å². The molecule has 0 saturated carbocycles. The average Bonchev–Trinajstić information content (AvgIpc) is 2.51. The van der Waals surface area contributed by atoms with Crippen molar-refractivity contribution in [2.45, 2.75) is 40.2 Å². The van der Waals surface area contributed by atoms with E-state index >= 15 is 0 Å². The number of rotatable bonds is 9. The predicted molar refractivity (Wildman–Crippen MR) is 98.0 cm³/mol. The summed E-state index contributed by atoms with van der Waals surface area (Å²) >= 11 is 0. The fraction of sp³-hybridized carbons (Fsp3) is 0.650. The molecule has 1 aromatic rings. The van der Waals surface area contributed by atoms with Crippen LogP contribution in [0.5, 0.6) is 5.75 Å². The summed E-state index contributed by atoms with van der Waals surface area (Å²) in [5, 5.41) is 0. The lowest BCUT2D eigenvalue weighted by Gasteiger charge is -2.40. The molecule has 1 amide bonds. The van der Waals surface area contributed by atoms with E-state index in [1.165, 1.54) is 6.07 Å². The summed E-state index contributed by atoms with van der Waals surface area (Å²) in [5.41, 5.74) is 0.657. The molecular formula is C20H31FN2O2. The summed E-state index contributed by atoms with van der Waals surface area (Å²) < 4.78 is 19.9. The van der Waals surface area contributed by atoms with E-state index in [1.807, 2.05) is 13.1 Å². The van der Waals surface area contributed by atoms with Gasteiger partial charge in [0.15, 0.2) is 0 Å². The highest BCUT2D eigenvalue weighted by atomic mass is 19.1. The first kappa shape index (κ1) is 19.7. The maximum absolute atomic E-state index is 14.3. The molecule has 1 aliphatic rings. The Balaban J connectivity index is 1.79. The van der Waals surface area contributed by atoms with E-state index in [4.69, 9.17) is 4.74 Å². The van der Waals surface area contributed by atoms with Crippen LogP contribution in [0, 0.1) is 17.7 Å². The molecule has 140 valence electrons. The van der Waals surface area contributed by atoms with Gasteiger partial charge in [0.1, 0.15) is 11.6 Å². The standard InChI is InChI=1S/C20H31FN2O2/c1-5-9-22(4)20(24)17-13-23(14-17)12-16-6-7-18(11-19(16)21)25-10-8-15(2)3/h6-7,11,15,17H,5,8-10,12-14H2,1-4H3. The van der Waals surface area contributed by atoms with Crippen LogP contribution in [-0.4, -0.2) is 49.0 Å². The predicted octanol–water partition coefficient (Wildman–Crippen LogP) is 3.55. The lowest BCUT2D eigenvalue weighted by Crippen LogP contribution is -2.53. The van der Waals surface area contributed by atoms with Gasteiger partial charge < -0.3 is 9.64 Å². The van der Waals surface area contributed by atoms with Crippen molar-refractivity contribution >= 4 is 5.91 Å². The second-order valence-corrected chi connectivity index (χ2v) is 7.43. The highest BCUT2D eigenvalue weighted by Gasteiger charge is 2.34. The van der Waals surface area contributed by atoms with E-state index in [2.05, 4.69) is 25.7 Å². The van der Waals surface area contributed by atoms with Crippen molar-refractivity contribution in [3.05, 3.63) is 29.6 Å². The summed E-state index contributed by atoms with van der Waals surface area (Å²) in [6.07, 6.45) is 1.93. The Morgan fingerprint density at radius 1 is 1.40 bits per heavy atom. The number of benzene rings is 1. The smallest absolute Gasteiger partial charge is 0.228 e. The Bertz CT molecular complexity index is 571. The van der Waals surface area contributed by atoms with Gasteiger partial charge in [-0.05, 0) is 24.8 Å². The van der Waals surface area contributed by atoms with Crippen molar-refractivity contribution in [2.24, 2.45) is 11.8 Å². The monoisotopic (exact) mass is 350 g/mol. The molecule has 2 rings (SSSR count). The Kier molecular flexibility index (Phi) is 7.24. The molecule has 0 aromatic heterocycles. The molecule has 1 fully saturated rings. The summed E-state index contributed by atoms with van der Waals surface area (Å²) in [6, 6.07) is 5.09. The molecule has 0 N–H and O–H groups in total. The van der Waals surface area contributed by atoms with Gasteiger partial charge in [-0.15, -0.1) is 0 Å². The molecule has 1 saturated heterocycles. The van der Waals surface area contributed by atoms with Crippen molar-refractivity contribution in [3.63, 3.8) is 0 Å². The molecule has 0 radical (unpaired) electrons. The molecule has 0 bridgehead atoms. The fourth-order valence-electron chi connectivity index (χ4n) is 3.01. The molecule has 0 aliphatic carbocycles. The van der Waals surface area contributed by atoms with Gasteiger partial charge in [0.05, 0.1) is 12.5 Å². The number of nitrogens with zero attached hydrogens (tertiary/aromatic N) is 2. The maximum atomic E-state index is 14.3. The normalized spacial score (nSPS) is 15.3. The minimum Gasteiger partial charge on any atom is -0.493 e. The largest absolute Gasteiger partial charge is 0.493 e. The van der Waals surface area contributed by atoms with Gasteiger partial charge in [-0.1, -0.05) is 26.8 Å². The molecule has 0 atom stereocenters. The van der Waals surface area contributed by atoms with Crippen LogP contribution in [0.1, 0.15) is 39.2 Å². The third-order valence-electron chi connectivity index (χ3n) is 4.62. The van der Waals surface area contributed by atoms with Crippen molar-refractivity contribution in [1.29, 1.82) is 0 Å². The van der Waals surface area contributed by atoms with Crippen molar-refractivity contribution in [1.82, 2.24) is 9.80 Å². The van der Waals surface area contributed by atoms with Crippen LogP contribution < -0.4 is 4.74 Å². The Morgan fingerprint density at radius 2 is 2.12 bits per heavy atom. The highest BCUT2D eigenvalue weighted by Crippen LogP contribution is 2.24. The van der Waals surface area contributed by atoms with Gasteiger partial charge in [-0.2, -0.15) is 0 Å². The van der Waals surface area contributed by atoms with Crippen LogP contribution in [0.4, 0.5) is 4.39 Å². The first-order chi connectivity index (χ1) is 11.9. The summed E-state index contributed by atoms with van der Waals surface area (Å²) in [7, 11) is 1.85. The number of likely N-dealkylation sites (tertiary alicyclic amines) is 1. The fourth-order valence-corrected chi connectivity index (χ4v) is 3.01. The molecule has 4 nitrogen and oxygen atoms in total. The van der Waals surface area contributed by atoms with E-state index in [9.17, 15) is 9.18 Å². The van der Waals surface area contributed by atoms with Crippen LogP contribution in [0.2, 0.25) is 0 Å². The van der Waals surface area contributed by atoms with Gasteiger partial charge in [-0.25, -0.2) is 4.39 Å². The van der Waals surface area contributed by atoms with E-state index in [0.29, 0.717) is 43.5 Å². The number of halogens is 1. The van der Waals surface area contributed by atoms with E-state index in [-0.39, 0.29) is 17.6 Å². The zero-order valence-electron chi connectivity index (χ0n) is 15.9. The number of amides is 1. The van der Waals surface area contributed by atoms with Crippen molar-refractivity contribution in [2.75, 3.05) is 33.3 Å². The van der Waals surface area contributed by atoms with Gasteiger partial charge in [-0.3, -0.25) is 9.69 Å². The maximum Gasteiger partial charge on any atom is 0.228 e. The van der Waals surface area contributed by atoms with E-state index in [1.54, 1.807) is 11.0 Å². The third-order valence-corrected chi connectivity index (χ3v) is 4.62.